The summed E-state index contributed by atoms with van der Waals surface area (Å²) in [5, 5.41) is 6.45. The van der Waals surface area contributed by atoms with Crippen molar-refractivity contribution in [2.45, 2.75) is 21.0 Å². The third-order valence-electron chi connectivity index (χ3n) is 3.97. The third kappa shape index (κ3) is 0.917. The van der Waals surface area contributed by atoms with E-state index in [4.69, 9.17) is 0 Å². The monoisotopic (exact) mass is 242 g/mol. The van der Waals surface area contributed by atoms with Crippen molar-refractivity contribution in [3.8, 4) is 0 Å². The van der Waals surface area contributed by atoms with E-state index < -0.39 is 0 Å². The highest BCUT2D eigenvalue weighted by Gasteiger charge is 2.61. The lowest BCUT2D eigenvalue weighted by Crippen LogP contribution is -2.07. The standard InChI is InChI=1S/C14H10S2/c1-2-4-8-7(3-1)5-6-9-10(8)12-14(16-12)13-11(9)15-13/h1-6,11-14H. The van der Waals surface area contributed by atoms with Crippen LogP contribution < -0.4 is 0 Å². The largest absolute Gasteiger partial charge is 0.146 e. The average Bonchev–Trinajstić information content (AvgIpc) is 3.18. The van der Waals surface area contributed by atoms with Crippen molar-refractivity contribution in [2.75, 3.05) is 0 Å². The van der Waals surface area contributed by atoms with Gasteiger partial charge in [-0.15, -0.1) is 23.5 Å². The van der Waals surface area contributed by atoms with Crippen LogP contribution in [0.5, 0.6) is 0 Å². The van der Waals surface area contributed by atoms with Crippen LogP contribution >= 0.6 is 23.5 Å². The molecular weight excluding hydrogens is 232 g/mol. The molecule has 2 fully saturated rings. The molecule has 5 rings (SSSR count). The van der Waals surface area contributed by atoms with E-state index in [0.29, 0.717) is 0 Å². The zero-order valence-electron chi connectivity index (χ0n) is 8.59. The Morgan fingerprint density at radius 1 is 0.812 bits per heavy atom. The summed E-state index contributed by atoms with van der Waals surface area (Å²) in [5.41, 5.74) is 3.30. The molecule has 2 heterocycles. The molecular formula is C14H10S2. The Kier molecular flexibility index (Phi) is 1.39. The molecule has 3 aliphatic rings. The molecule has 0 saturated carbocycles. The Balaban J connectivity index is 1.91. The Hall–Kier alpha value is -0.600. The second-order valence-electron chi connectivity index (χ2n) is 4.83. The molecule has 0 radical (unpaired) electrons. The molecule has 4 atom stereocenters. The fraction of sp³-hybridized carbons (Fsp3) is 0.286. The van der Waals surface area contributed by atoms with Gasteiger partial charge in [0.05, 0.1) is 0 Å². The van der Waals surface area contributed by atoms with E-state index >= 15 is 0 Å². The first-order valence-corrected chi connectivity index (χ1v) is 7.64. The van der Waals surface area contributed by atoms with Gasteiger partial charge in [-0.2, -0.15) is 0 Å². The minimum atomic E-state index is 0.817. The van der Waals surface area contributed by atoms with Crippen molar-refractivity contribution in [3.05, 3.63) is 47.5 Å². The van der Waals surface area contributed by atoms with Gasteiger partial charge in [0, 0.05) is 21.0 Å². The minimum absolute atomic E-state index is 0.817. The zero-order valence-corrected chi connectivity index (χ0v) is 10.2. The Morgan fingerprint density at radius 3 is 2.62 bits per heavy atom. The number of hydrogen-bond donors (Lipinski definition) is 0. The van der Waals surface area contributed by atoms with Crippen LogP contribution in [-0.2, 0) is 0 Å². The van der Waals surface area contributed by atoms with Gasteiger partial charge in [-0.25, -0.2) is 0 Å². The van der Waals surface area contributed by atoms with Gasteiger partial charge in [-0.1, -0.05) is 36.4 Å². The number of rotatable bonds is 0. The molecule has 1 aliphatic carbocycles. The minimum Gasteiger partial charge on any atom is -0.146 e. The normalized spacial score (nSPS) is 37.5. The van der Waals surface area contributed by atoms with Crippen LogP contribution in [0, 0.1) is 0 Å². The van der Waals surface area contributed by atoms with Crippen LogP contribution in [0.2, 0.25) is 0 Å². The molecule has 2 aromatic carbocycles. The highest BCUT2D eigenvalue weighted by atomic mass is 32.2. The van der Waals surface area contributed by atoms with Gasteiger partial charge >= 0.3 is 0 Å². The molecule has 0 N–H and O–H groups in total. The first kappa shape index (κ1) is 8.48. The van der Waals surface area contributed by atoms with Gasteiger partial charge in [-0.3, -0.25) is 0 Å². The summed E-state index contributed by atoms with van der Waals surface area (Å²) < 4.78 is 0. The Bertz CT molecular complexity index is 619. The van der Waals surface area contributed by atoms with E-state index in [1.165, 1.54) is 10.8 Å². The van der Waals surface area contributed by atoms with Gasteiger partial charge in [0.15, 0.2) is 0 Å². The summed E-state index contributed by atoms with van der Waals surface area (Å²) in [4.78, 5) is 0. The summed E-state index contributed by atoms with van der Waals surface area (Å²) in [6, 6.07) is 13.5. The van der Waals surface area contributed by atoms with E-state index in [-0.39, 0.29) is 0 Å². The number of hydrogen-bond acceptors (Lipinski definition) is 2. The first-order chi connectivity index (χ1) is 7.93. The third-order valence-corrected chi connectivity index (χ3v) is 6.94. The number of fused-ring (bicyclic) bond motifs is 8. The van der Waals surface area contributed by atoms with Crippen molar-refractivity contribution < 1.29 is 0 Å². The van der Waals surface area contributed by atoms with Gasteiger partial charge in [0.1, 0.15) is 0 Å². The van der Waals surface area contributed by atoms with Crippen molar-refractivity contribution in [2.24, 2.45) is 0 Å². The Labute approximate surface area is 103 Å². The van der Waals surface area contributed by atoms with Crippen LogP contribution in [-0.4, -0.2) is 10.5 Å². The molecule has 0 nitrogen and oxygen atoms in total. The molecule has 2 aromatic rings. The average molecular weight is 242 g/mol. The molecule has 78 valence electrons. The quantitative estimate of drug-likeness (QED) is 0.636. The highest BCUT2D eigenvalue weighted by Crippen LogP contribution is 2.76. The fourth-order valence-electron chi connectivity index (χ4n) is 3.11. The summed E-state index contributed by atoms with van der Waals surface area (Å²) in [7, 11) is 0. The molecule has 16 heavy (non-hydrogen) atoms. The van der Waals surface area contributed by atoms with Crippen LogP contribution in [0.15, 0.2) is 36.4 Å². The maximum absolute atomic E-state index is 2.38. The second kappa shape index (κ2) is 2.62. The lowest BCUT2D eigenvalue weighted by molar-refractivity contribution is 0.836. The maximum atomic E-state index is 2.38. The van der Waals surface area contributed by atoms with Crippen LogP contribution in [0.3, 0.4) is 0 Å². The van der Waals surface area contributed by atoms with Crippen LogP contribution in [0.4, 0.5) is 0 Å². The molecule has 0 spiro atoms. The number of thioether (sulfide) groups is 2. The van der Waals surface area contributed by atoms with E-state index in [2.05, 4.69) is 59.9 Å². The smallest absolute Gasteiger partial charge is 0.0440 e. The number of benzene rings is 2. The topological polar surface area (TPSA) is 0 Å². The van der Waals surface area contributed by atoms with E-state index in [1.807, 2.05) is 0 Å². The summed E-state index contributed by atoms with van der Waals surface area (Å²) in [6.45, 7) is 0. The van der Waals surface area contributed by atoms with E-state index in [0.717, 1.165) is 21.0 Å². The lowest BCUT2D eigenvalue weighted by Gasteiger charge is -2.14. The SMILES string of the molecule is c1ccc2c3c(ccc2c1)C1SC1C1SC31. The predicted octanol–water partition coefficient (Wildman–Crippen LogP) is 4.17. The van der Waals surface area contributed by atoms with Crippen molar-refractivity contribution in [1.82, 2.24) is 0 Å². The van der Waals surface area contributed by atoms with Gasteiger partial charge in [0.25, 0.3) is 0 Å². The van der Waals surface area contributed by atoms with E-state index in [9.17, 15) is 0 Å². The van der Waals surface area contributed by atoms with Crippen molar-refractivity contribution >= 4 is 34.3 Å². The molecule has 2 aliphatic heterocycles. The highest BCUT2D eigenvalue weighted by molar-refractivity contribution is 8.12. The summed E-state index contributed by atoms with van der Waals surface area (Å²) in [6.07, 6.45) is 0. The summed E-state index contributed by atoms with van der Waals surface area (Å²) >= 11 is 4.36. The predicted molar refractivity (Wildman–Crippen MR) is 72.2 cm³/mol. The van der Waals surface area contributed by atoms with Crippen LogP contribution in [0.25, 0.3) is 10.8 Å². The van der Waals surface area contributed by atoms with Gasteiger partial charge in [0.2, 0.25) is 0 Å². The summed E-state index contributed by atoms with van der Waals surface area (Å²) in [5.74, 6) is 0. The fourth-order valence-corrected chi connectivity index (χ4v) is 6.18. The first-order valence-electron chi connectivity index (χ1n) is 5.76. The van der Waals surface area contributed by atoms with Gasteiger partial charge < -0.3 is 0 Å². The molecule has 0 bridgehead atoms. The molecule has 4 unspecified atom stereocenters. The van der Waals surface area contributed by atoms with Gasteiger partial charge in [-0.05, 0) is 21.9 Å². The molecule has 2 saturated heterocycles. The Morgan fingerprint density at radius 2 is 1.62 bits per heavy atom. The van der Waals surface area contributed by atoms with Crippen molar-refractivity contribution in [3.63, 3.8) is 0 Å². The molecule has 0 aromatic heterocycles. The van der Waals surface area contributed by atoms with Crippen LogP contribution in [0.1, 0.15) is 21.6 Å². The lowest BCUT2D eigenvalue weighted by atomic mass is 9.88. The van der Waals surface area contributed by atoms with Crippen molar-refractivity contribution in [1.29, 1.82) is 0 Å². The zero-order chi connectivity index (χ0) is 10.3. The molecule has 2 heteroatoms. The molecule has 0 amide bonds. The van der Waals surface area contributed by atoms with E-state index in [1.54, 1.807) is 11.1 Å². The maximum Gasteiger partial charge on any atom is 0.0440 e. The second-order valence-corrected chi connectivity index (χ2v) is 7.48.